The summed E-state index contributed by atoms with van der Waals surface area (Å²) in [7, 11) is 0. The van der Waals surface area contributed by atoms with Crippen LogP contribution in [-0.2, 0) is 4.79 Å². The lowest BCUT2D eigenvalue weighted by atomic mass is 10.2. The van der Waals surface area contributed by atoms with Gasteiger partial charge in [0, 0.05) is 6.54 Å². The minimum Gasteiger partial charge on any atom is -0.480 e. The number of nitrogens with two attached hydrogens (primary N) is 3. The van der Waals surface area contributed by atoms with E-state index < -0.39 is 11.5 Å². The molecule has 0 spiro atoms. The molecule has 2 atom stereocenters. The monoisotopic (exact) mass is 186 g/mol. The van der Waals surface area contributed by atoms with Crippen LogP contribution in [0, 0.1) is 5.92 Å². The van der Waals surface area contributed by atoms with Gasteiger partial charge in [-0.3, -0.25) is 9.79 Å². The average molecular weight is 186 g/mol. The molecule has 6 nitrogen and oxygen atoms in total. The number of rotatable bonds is 4. The Morgan fingerprint density at radius 2 is 2.23 bits per heavy atom. The zero-order chi connectivity index (χ0) is 10.1. The molecule has 0 saturated heterocycles. The molecule has 0 aromatic rings. The number of hydrogen-bond acceptors (Lipinski definition) is 3. The van der Waals surface area contributed by atoms with E-state index in [4.69, 9.17) is 22.3 Å². The van der Waals surface area contributed by atoms with Gasteiger partial charge in [-0.05, 0) is 18.8 Å². The lowest BCUT2D eigenvalue weighted by Crippen LogP contribution is -2.35. The Kier molecular flexibility index (Phi) is 2.42. The summed E-state index contributed by atoms with van der Waals surface area (Å²) in [5.74, 6) is -0.908. The third-order valence-electron chi connectivity index (χ3n) is 2.32. The second-order valence-corrected chi connectivity index (χ2v) is 3.34. The highest BCUT2D eigenvalue weighted by Crippen LogP contribution is 2.43. The van der Waals surface area contributed by atoms with Gasteiger partial charge >= 0.3 is 5.97 Å². The highest BCUT2D eigenvalue weighted by molar-refractivity contribution is 5.82. The van der Waals surface area contributed by atoms with Crippen LogP contribution in [0.4, 0.5) is 0 Å². The van der Waals surface area contributed by atoms with Crippen molar-refractivity contribution >= 4 is 11.9 Å². The maximum atomic E-state index is 10.6. The highest BCUT2D eigenvalue weighted by Gasteiger charge is 2.56. The summed E-state index contributed by atoms with van der Waals surface area (Å²) in [4.78, 5) is 14.3. The topological polar surface area (TPSA) is 128 Å². The molecule has 7 N–H and O–H groups in total. The minimum atomic E-state index is -1.03. The predicted octanol–water partition coefficient (Wildman–Crippen LogP) is -1.55. The van der Waals surface area contributed by atoms with Gasteiger partial charge in [0.25, 0.3) is 0 Å². The molecule has 0 aliphatic heterocycles. The molecule has 1 rings (SSSR count). The first-order valence-electron chi connectivity index (χ1n) is 4.04. The van der Waals surface area contributed by atoms with Crippen molar-refractivity contribution in [2.75, 3.05) is 6.54 Å². The molecule has 0 radical (unpaired) electrons. The van der Waals surface area contributed by atoms with E-state index in [2.05, 4.69) is 4.99 Å². The Labute approximate surface area is 75.8 Å². The fraction of sp³-hybridized carbons (Fsp3) is 0.714. The molecular weight excluding hydrogens is 172 g/mol. The molecule has 74 valence electrons. The number of aliphatic carboxylic acids is 1. The largest absolute Gasteiger partial charge is 0.480 e. The molecule has 1 aliphatic carbocycles. The lowest BCUT2D eigenvalue weighted by Gasteiger charge is -2.03. The van der Waals surface area contributed by atoms with E-state index >= 15 is 0 Å². The maximum Gasteiger partial charge on any atom is 0.323 e. The van der Waals surface area contributed by atoms with Crippen LogP contribution in [0.15, 0.2) is 4.99 Å². The Morgan fingerprint density at radius 3 is 2.62 bits per heavy atom. The molecule has 0 amide bonds. The summed E-state index contributed by atoms with van der Waals surface area (Å²) < 4.78 is 0. The van der Waals surface area contributed by atoms with Crippen LogP contribution in [0.2, 0.25) is 0 Å². The third-order valence-corrected chi connectivity index (χ3v) is 2.32. The van der Waals surface area contributed by atoms with E-state index in [1.54, 1.807) is 0 Å². The van der Waals surface area contributed by atoms with Crippen molar-refractivity contribution < 1.29 is 9.90 Å². The summed E-state index contributed by atoms with van der Waals surface area (Å²) >= 11 is 0. The average Bonchev–Trinajstić information content (AvgIpc) is 2.63. The predicted molar refractivity (Wildman–Crippen MR) is 48.0 cm³/mol. The fourth-order valence-electron chi connectivity index (χ4n) is 1.32. The van der Waals surface area contributed by atoms with Crippen molar-refractivity contribution in [3.8, 4) is 0 Å². The van der Waals surface area contributed by atoms with Crippen molar-refractivity contribution in [2.24, 2.45) is 28.1 Å². The molecule has 13 heavy (non-hydrogen) atoms. The number of nitrogens with zero attached hydrogens (tertiary/aromatic N) is 1. The van der Waals surface area contributed by atoms with Crippen LogP contribution >= 0.6 is 0 Å². The maximum absolute atomic E-state index is 10.6. The normalized spacial score (nSPS) is 31.0. The van der Waals surface area contributed by atoms with Crippen molar-refractivity contribution in [3.63, 3.8) is 0 Å². The van der Waals surface area contributed by atoms with Crippen molar-refractivity contribution in [1.29, 1.82) is 0 Å². The Balaban J connectivity index is 2.29. The van der Waals surface area contributed by atoms with Crippen molar-refractivity contribution in [1.82, 2.24) is 0 Å². The third kappa shape index (κ3) is 2.09. The van der Waals surface area contributed by atoms with Crippen LogP contribution in [0.1, 0.15) is 12.8 Å². The van der Waals surface area contributed by atoms with E-state index in [1.165, 1.54) is 0 Å². The quantitative estimate of drug-likeness (QED) is 0.312. The summed E-state index contributed by atoms with van der Waals surface area (Å²) in [5.41, 5.74) is 14.7. The molecule has 0 aromatic carbocycles. The van der Waals surface area contributed by atoms with Crippen molar-refractivity contribution in [3.05, 3.63) is 0 Å². The molecule has 6 heteroatoms. The van der Waals surface area contributed by atoms with E-state index in [0.717, 1.165) is 0 Å². The van der Waals surface area contributed by atoms with Gasteiger partial charge in [0.1, 0.15) is 5.54 Å². The molecule has 0 aromatic heterocycles. The van der Waals surface area contributed by atoms with Crippen LogP contribution < -0.4 is 17.2 Å². The number of carboxylic acid groups (broad SMARTS) is 1. The fourth-order valence-corrected chi connectivity index (χ4v) is 1.32. The lowest BCUT2D eigenvalue weighted by molar-refractivity contribution is -0.140. The van der Waals surface area contributed by atoms with Gasteiger partial charge < -0.3 is 22.3 Å². The summed E-state index contributed by atoms with van der Waals surface area (Å²) in [6.45, 7) is 0.444. The first-order chi connectivity index (χ1) is 5.97. The highest BCUT2D eigenvalue weighted by atomic mass is 16.4. The van der Waals surface area contributed by atoms with Gasteiger partial charge in [0.05, 0.1) is 0 Å². The number of guanidine groups is 1. The van der Waals surface area contributed by atoms with Gasteiger partial charge in [-0.1, -0.05) is 0 Å². The van der Waals surface area contributed by atoms with E-state index in [1.807, 2.05) is 0 Å². The molecule has 1 fully saturated rings. The standard InChI is InChI=1S/C7H14N4O2/c8-6(9)11-2-1-4-3-7(4,10)5(12)13/h4H,1-3,10H2,(H,12,13)(H4,8,9,11)/t4-,7-/m0/s1. The Morgan fingerprint density at radius 1 is 1.62 bits per heavy atom. The van der Waals surface area contributed by atoms with Gasteiger partial charge in [-0.25, -0.2) is 0 Å². The van der Waals surface area contributed by atoms with Gasteiger partial charge in [0.2, 0.25) is 0 Å². The van der Waals surface area contributed by atoms with Gasteiger partial charge in [-0.2, -0.15) is 0 Å². The molecular formula is C7H14N4O2. The number of hydrogen-bond donors (Lipinski definition) is 4. The van der Waals surface area contributed by atoms with Crippen LogP contribution in [-0.4, -0.2) is 29.1 Å². The molecule has 1 saturated carbocycles. The summed E-state index contributed by atoms with van der Waals surface area (Å²) in [6.07, 6.45) is 1.14. The Bertz CT molecular complexity index is 249. The van der Waals surface area contributed by atoms with Crippen LogP contribution in [0.25, 0.3) is 0 Å². The molecule has 0 heterocycles. The zero-order valence-electron chi connectivity index (χ0n) is 7.23. The Hall–Kier alpha value is -1.30. The number of carboxylic acids is 1. The molecule has 0 unspecified atom stereocenters. The first-order valence-corrected chi connectivity index (χ1v) is 4.04. The molecule has 0 bridgehead atoms. The minimum absolute atomic E-state index is 0.00750. The van der Waals surface area contributed by atoms with Crippen molar-refractivity contribution in [2.45, 2.75) is 18.4 Å². The second kappa shape index (κ2) is 3.21. The van der Waals surface area contributed by atoms with E-state index in [0.29, 0.717) is 19.4 Å². The number of carbonyl (C=O) groups is 1. The van der Waals surface area contributed by atoms with E-state index in [9.17, 15) is 4.79 Å². The van der Waals surface area contributed by atoms with E-state index in [-0.39, 0.29) is 11.9 Å². The SMILES string of the molecule is NC(N)=NCC[C@H]1C[C@@]1(N)C(=O)O. The first kappa shape index (κ1) is 9.79. The van der Waals surface area contributed by atoms with Crippen LogP contribution in [0.3, 0.4) is 0 Å². The summed E-state index contributed by atoms with van der Waals surface area (Å²) in [6, 6.07) is 0. The second-order valence-electron chi connectivity index (χ2n) is 3.34. The summed E-state index contributed by atoms with van der Waals surface area (Å²) in [5, 5.41) is 8.68. The van der Waals surface area contributed by atoms with Gasteiger partial charge in [-0.15, -0.1) is 0 Å². The van der Waals surface area contributed by atoms with Gasteiger partial charge in [0.15, 0.2) is 5.96 Å². The zero-order valence-corrected chi connectivity index (χ0v) is 7.23. The van der Waals surface area contributed by atoms with Crippen LogP contribution in [0.5, 0.6) is 0 Å². The molecule has 1 aliphatic rings. The smallest absolute Gasteiger partial charge is 0.323 e. The number of aliphatic imine (C=N–C) groups is 1.